The van der Waals surface area contributed by atoms with Crippen molar-refractivity contribution in [1.82, 2.24) is 0 Å². The van der Waals surface area contributed by atoms with E-state index in [-0.39, 0.29) is 16.1 Å². The lowest BCUT2D eigenvalue weighted by atomic mass is 10.2. The summed E-state index contributed by atoms with van der Waals surface area (Å²) >= 11 is 3.16. The quantitative estimate of drug-likeness (QED) is 0.817. The Kier molecular flexibility index (Phi) is 4.82. The number of carbonyl (C=O) groups excluding carboxylic acids is 1. The van der Waals surface area contributed by atoms with Crippen LogP contribution in [0.4, 0.5) is 10.1 Å². The number of anilines is 1. The Labute approximate surface area is 135 Å². The molecule has 0 unspecified atom stereocenters. The van der Waals surface area contributed by atoms with E-state index in [1.165, 1.54) is 36.4 Å². The van der Waals surface area contributed by atoms with E-state index in [1.807, 2.05) is 0 Å². The summed E-state index contributed by atoms with van der Waals surface area (Å²) in [7, 11) is -2.92. The first-order valence-corrected chi connectivity index (χ1v) is 8.27. The van der Waals surface area contributed by atoms with E-state index < -0.39 is 21.8 Å². The topological polar surface area (TPSA) is 72.5 Å². The molecule has 116 valence electrons. The Morgan fingerprint density at radius 2 is 1.95 bits per heavy atom. The highest BCUT2D eigenvalue weighted by molar-refractivity contribution is 9.10. The van der Waals surface area contributed by atoms with Gasteiger partial charge in [0.1, 0.15) is 10.7 Å². The maximum absolute atomic E-state index is 13.1. The first-order chi connectivity index (χ1) is 10.3. The Bertz CT molecular complexity index is 823. The predicted octanol–water partition coefficient (Wildman–Crippen LogP) is 3.18. The van der Waals surface area contributed by atoms with Gasteiger partial charge in [0.05, 0.1) is 18.4 Å². The molecule has 0 bridgehead atoms. The molecule has 0 aliphatic rings. The van der Waals surface area contributed by atoms with Gasteiger partial charge < -0.3 is 4.74 Å². The molecule has 0 heterocycles. The minimum atomic E-state index is -4.07. The third kappa shape index (κ3) is 3.63. The molecule has 0 fully saturated rings. The molecule has 1 N–H and O–H groups in total. The van der Waals surface area contributed by atoms with Gasteiger partial charge in [-0.05, 0) is 36.4 Å². The molecule has 22 heavy (non-hydrogen) atoms. The zero-order valence-electron chi connectivity index (χ0n) is 11.3. The van der Waals surface area contributed by atoms with Crippen LogP contribution in [-0.2, 0) is 14.8 Å². The summed E-state index contributed by atoms with van der Waals surface area (Å²) in [4.78, 5) is 11.5. The standard InChI is InChI=1S/C14H11BrFNO4S/c1-21-14(18)12-7-9(15)5-6-13(12)22(19,20)17-11-4-2-3-10(16)8-11/h2-8,17H,1H3. The van der Waals surface area contributed by atoms with Crippen molar-refractivity contribution in [2.45, 2.75) is 4.90 Å². The van der Waals surface area contributed by atoms with Gasteiger partial charge in [-0.2, -0.15) is 0 Å². The van der Waals surface area contributed by atoms with Gasteiger partial charge in [-0.3, -0.25) is 4.72 Å². The van der Waals surface area contributed by atoms with Crippen LogP contribution >= 0.6 is 15.9 Å². The van der Waals surface area contributed by atoms with E-state index in [2.05, 4.69) is 25.4 Å². The predicted molar refractivity (Wildman–Crippen MR) is 82.7 cm³/mol. The number of methoxy groups -OCH3 is 1. The number of hydrogen-bond donors (Lipinski definition) is 1. The number of benzene rings is 2. The summed E-state index contributed by atoms with van der Waals surface area (Å²) in [5, 5.41) is 0. The van der Waals surface area contributed by atoms with Crippen molar-refractivity contribution in [3.8, 4) is 0 Å². The Morgan fingerprint density at radius 3 is 2.59 bits per heavy atom. The van der Waals surface area contributed by atoms with Gasteiger partial charge in [0.25, 0.3) is 10.0 Å². The van der Waals surface area contributed by atoms with Crippen molar-refractivity contribution in [2.75, 3.05) is 11.8 Å². The van der Waals surface area contributed by atoms with Crippen LogP contribution < -0.4 is 4.72 Å². The lowest BCUT2D eigenvalue weighted by molar-refractivity contribution is 0.0596. The largest absolute Gasteiger partial charge is 0.465 e. The van der Waals surface area contributed by atoms with Gasteiger partial charge in [-0.15, -0.1) is 0 Å². The van der Waals surface area contributed by atoms with E-state index in [0.717, 1.165) is 13.2 Å². The molecule has 0 saturated heterocycles. The molecule has 0 saturated carbocycles. The minimum Gasteiger partial charge on any atom is -0.465 e. The molecule has 0 aliphatic heterocycles. The molecule has 5 nitrogen and oxygen atoms in total. The average molecular weight is 388 g/mol. The third-order valence-electron chi connectivity index (χ3n) is 2.71. The SMILES string of the molecule is COC(=O)c1cc(Br)ccc1S(=O)(=O)Nc1cccc(F)c1. The lowest BCUT2D eigenvalue weighted by Gasteiger charge is -2.11. The second-order valence-electron chi connectivity index (χ2n) is 4.25. The lowest BCUT2D eigenvalue weighted by Crippen LogP contribution is -2.17. The number of carbonyl (C=O) groups is 1. The van der Waals surface area contributed by atoms with Crippen molar-refractivity contribution in [3.63, 3.8) is 0 Å². The van der Waals surface area contributed by atoms with Crippen molar-refractivity contribution in [1.29, 1.82) is 0 Å². The Morgan fingerprint density at radius 1 is 1.23 bits per heavy atom. The summed E-state index contributed by atoms with van der Waals surface area (Å²) in [5.41, 5.74) is -0.0699. The Balaban J connectivity index is 2.47. The number of nitrogens with one attached hydrogen (secondary N) is 1. The summed E-state index contributed by atoms with van der Waals surface area (Å²) in [6.07, 6.45) is 0. The van der Waals surface area contributed by atoms with E-state index in [1.54, 1.807) is 0 Å². The van der Waals surface area contributed by atoms with Crippen LogP contribution in [0, 0.1) is 5.82 Å². The number of rotatable bonds is 4. The van der Waals surface area contributed by atoms with Crippen LogP contribution in [0.25, 0.3) is 0 Å². The van der Waals surface area contributed by atoms with Crippen LogP contribution in [0.3, 0.4) is 0 Å². The van der Waals surface area contributed by atoms with Gasteiger partial charge in [0.15, 0.2) is 0 Å². The van der Waals surface area contributed by atoms with E-state index in [4.69, 9.17) is 0 Å². The first-order valence-electron chi connectivity index (χ1n) is 6.00. The highest BCUT2D eigenvalue weighted by Crippen LogP contribution is 2.24. The monoisotopic (exact) mass is 387 g/mol. The van der Waals surface area contributed by atoms with E-state index >= 15 is 0 Å². The molecule has 0 spiro atoms. The number of halogens is 2. The molecule has 0 amide bonds. The smallest absolute Gasteiger partial charge is 0.339 e. The zero-order chi connectivity index (χ0) is 16.3. The zero-order valence-corrected chi connectivity index (χ0v) is 13.7. The van der Waals surface area contributed by atoms with E-state index in [0.29, 0.717) is 4.47 Å². The number of sulfonamides is 1. The fourth-order valence-corrected chi connectivity index (χ4v) is 3.36. The fourth-order valence-electron chi connectivity index (χ4n) is 1.77. The molecule has 2 rings (SSSR count). The van der Waals surface area contributed by atoms with Gasteiger partial charge in [0, 0.05) is 4.47 Å². The van der Waals surface area contributed by atoms with Gasteiger partial charge in [-0.1, -0.05) is 22.0 Å². The van der Waals surface area contributed by atoms with Gasteiger partial charge in [0.2, 0.25) is 0 Å². The summed E-state index contributed by atoms with van der Waals surface area (Å²) < 4.78 is 45.3. The molecule has 0 radical (unpaired) electrons. The molecule has 2 aromatic carbocycles. The maximum atomic E-state index is 13.1. The van der Waals surface area contributed by atoms with Gasteiger partial charge in [-0.25, -0.2) is 17.6 Å². The van der Waals surface area contributed by atoms with Crippen LogP contribution in [-0.4, -0.2) is 21.5 Å². The van der Waals surface area contributed by atoms with Crippen molar-refractivity contribution in [3.05, 3.63) is 58.3 Å². The van der Waals surface area contributed by atoms with Crippen LogP contribution in [0.2, 0.25) is 0 Å². The molecule has 0 aromatic heterocycles. The third-order valence-corrected chi connectivity index (χ3v) is 4.65. The molecular formula is C14H11BrFNO4S. The number of ether oxygens (including phenoxy) is 1. The second kappa shape index (κ2) is 6.45. The maximum Gasteiger partial charge on any atom is 0.339 e. The summed E-state index contributed by atoms with van der Waals surface area (Å²) in [5.74, 6) is -1.37. The van der Waals surface area contributed by atoms with E-state index in [9.17, 15) is 17.6 Å². The van der Waals surface area contributed by atoms with Crippen LogP contribution in [0.5, 0.6) is 0 Å². The van der Waals surface area contributed by atoms with Crippen molar-refractivity contribution in [2.24, 2.45) is 0 Å². The number of esters is 1. The Hall–Kier alpha value is -1.93. The highest BCUT2D eigenvalue weighted by atomic mass is 79.9. The minimum absolute atomic E-state index is 0.0544. The van der Waals surface area contributed by atoms with Crippen molar-refractivity contribution < 1.29 is 22.3 Å². The first kappa shape index (κ1) is 16.4. The number of hydrogen-bond acceptors (Lipinski definition) is 4. The molecule has 0 atom stereocenters. The van der Waals surface area contributed by atoms with Crippen LogP contribution in [0.1, 0.15) is 10.4 Å². The summed E-state index contributed by atoms with van der Waals surface area (Å²) in [6, 6.07) is 9.08. The van der Waals surface area contributed by atoms with Crippen molar-refractivity contribution >= 4 is 37.6 Å². The molecular weight excluding hydrogens is 377 g/mol. The molecule has 0 aliphatic carbocycles. The van der Waals surface area contributed by atoms with Gasteiger partial charge >= 0.3 is 5.97 Å². The summed E-state index contributed by atoms with van der Waals surface area (Å²) in [6.45, 7) is 0. The second-order valence-corrected chi connectivity index (χ2v) is 6.81. The molecule has 8 heteroatoms. The molecule has 2 aromatic rings. The van der Waals surface area contributed by atoms with Crippen LogP contribution in [0.15, 0.2) is 51.8 Å². The normalized spacial score (nSPS) is 11.0. The fraction of sp³-hybridized carbons (Fsp3) is 0.0714. The highest BCUT2D eigenvalue weighted by Gasteiger charge is 2.23. The average Bonchev–Trinajstić information content (AvgIpc) is 2.45.